The van der Waals surface area contributed by atoms with E-state index < -0.39 is 40.8 Å². The quantitative estimate of drug-likeness (QED) is 0.301. The fourth-order valence-corrected chi connectivity index (χ4v) is 6.40. The van der Waals surface area contributed by atoms with Gasteiger partial charge < -0.3 is 4.74 Å². The van der Waals surface area contributed by atoms with Crippen molar-refractivity contribution in [3.63, 3.8) is 0 Å². The predicted octanol–water partition coefficient (Wildman–Crippen LogP) is 10.4. The number of unbranched alkanes of at least 4 members (excludes halogenated alkanes) is 1. The van der Waals surface area contributed by atoms with Crippen LogP contribution < -0.4 is 4.74 Å². The van der Waals surface area contributed by atoms with Gasteiger partial charge in [0.25, 0.3) is 0 Å². The second kappa shape index (κ2) is 11.9. The summed E-state index contributed by atoms with van der Waals surface area (Å²) in [6.45, 7) is 2.24. The van der Waals surface area contributed by atoms with Gasteiger partial charge in [0.2, 0.25) is 0 Å². The Morgan fingerprint density at radius 2 is 1.29 bits per heavy atom. The maximum atomic E-state index is 14.7. The van der Waals surface area contributed by atoms with Crippen LogP contribution in [0.25, 0.3) is 0 Å². The van der Waals surface area contributed by atoms with E-state index in [2.05, 4.69) is 11.7 Å². The number of benzene rings is 2. The van der Waals surface area contributed by atoms with E-state index in [0.29, 0.717) is 0 Å². The fourth-order valence-electron chi connectivity index (χ4n) is 6.40. The highest BCUT2D eigenvalue weighted by Gasteiger charge is 2.40. The minimum absolute atomic E-state index is 0.115. The average molecular weight is 545 g/mol. The first-order valence-electron chi connectivity index (χ1n) is 13.7. The SMILES string of the molecule is CCCCC1CCC(C2CCC(c3ccc(C(F)(F)Oc4cc(F)c(C(F)(F)F)c(F)c4)cc3)CC2)CC1. The Balaban J connectivity index is 1.32. The maximum Gasteiger partial charge on any atom is 0.426 e. The van der Waals surface area contributed by atoms with Crippen molar-refractivity contribution in [2.75, 3.05) is 0 Å². The van der Waals surface area contributed by atoms with Gasteiger partial charge in [-0.3, -0.25) is 0 Å². The Kier molecular flexibility index (Phi) is 8.98. The molecule has 0 aliphatic heterocycles. The number of halogens is 7. The maximum absolute atomic E-state index is 14.7. The summed E-state index contributed by atoms with van der Waals surface area (Å²) < 4.78 is 99.5. The molecule has 0 amide bonds. The van der Waals surface area contributed by atoms with Gasteiger partial charge in [0, 0.05) is 12.1 Å². The summed E-state index contributed by atoms with van der Waals surface area (Å²) >= 11 is 0. The van der Waals surface area contributed by atoms with Crippen molar-refractivity contribution in [1.82, 2.24) is 0 Å². The summed E-state index contributed by atoms with van der Waals surface area (Å²) in [6, 6.07) is 5.87. The van der Waals surface area contributed by atoms with Gasteiger partial charge in [-0.05, 0) is 79.9 Å². The molecule has 2 aromatic rings. The third kappa shape index (κ3) is 6.84. The van der Waals surface area contributed by atoms with E-state index in [0.717, 1.165) is 49.0 Å². The Bertz CT molecular complexity index is 1020. The molecule has 0 atom stereocenters. The van der Waals surface area contributed by atoms with Gasteiger partial charge in [-0.2, -0.15) is 22.0 Å². The molecule has 0 bridgehead atoms. The van der Waals surface area contributed by atoms with Crippen molar-refractivity contribution in [1.29, 1.82) is 0 Å². The van der Waals surface area contributed by atoms with Crippen LogP contribution in [0.4, 0.5) is 30.7 Å². The molecule has 38 heavy (non-hydrogen) atoms. The van der Waals surface area contributed by atoms with Crippen molar-refractivity contribution < 1.29 is 35.5 Å². The molecule has 0 radical (unpaired) electrons. The van der Waals surface area contributed by atoms with Gasteiger partial charge in [0.1, 0.15) is 22.9 Å². The van der Waals surface area contributed by atoms with E-state index in [1.54, 1.807) is 12.1 Å². The van der Waals surface area contributed by atoms with Crippen molar-refractivity contribution in [3.05, 3.63) is 64.7 Å². The topological polar surface area (TPSA) is 9.23 Å². The molecule has 2 aliphatic carbocycles. The van der Waals surface area contributed by atoms with E-state index in [1.807, 2.05) is 0 Å². The van der Waals surface area contributed by atoms with Crippen LogP contribution in [0.1, 0.15) is 100 Å². The van der Waals surface area contributed by atoms with E-state index >= 15 is 0 Å². The smallest absolute Gasteiger partial charge is 0.426 e. The summed E-state index contributed by atoms with van der Waals surface area (Å²) in [5.74, 6) is -2.35. The number of rotatable bonds is 8. The van der Waals surface area contributed by atoms with Crippen LogP contribution in [-0.4, -0.2) is 0 Å². The molecule has 0 unspecified atom stereocenters. The molecule has 0 heterocycles. The minimum atomic E-state index is -5.29. The summed E-state index contributed by atoms with van der Waals surface area (Å²) in [4.78, 5) is 0. The van der Waals surface area contributed by atoms with Crippen LogP contribution in [-0.2, 0) is 12.3 Å². The molecule has 2 fully saturated rings. The van der Waals surface area contributed by atoms with Gasteiger partial charge in [-0.25, -0.2) is 8.78 Å². The molecule has 2 aliphatic rings. The summed E-state index contributed by atoms with van der Waals surface area (Å²) in [5.41, 5.74) is -1.74. The van der Waals surface area contributed by atoms with Crippen molar-refractivity contribution in [3.8, 4) is 5.75 Å². The first-order valence-corrected chi connectivity index (χ1v) is 13.7. The van der Waals surface area contributed by atoms with Crippen LogP contribution in [0.2, 0.25) is 0 Å². The van der Waals surface area contributed by atoms with Crippen molar-refractivity contribution in [2.24, 2.45) is 17.8 Å². The van der Waals surface area contributed by atoms with Crippen LogP contribution in [0, 0.1) is 29.4 Å². The minimum Gasteiger partial charge on any atom is -0.429 e. The molecule has 0 aromatic heterocycles. The van der Waals surface area contributed by atoms with E-state index in [1.165, 1.54) is 57.1 Å². The molecule has 2 saturated carbocycles. The van der Waals surface area contributed by atoms with Crippen LogP contribution in [0.15, 0.2) is 36.4 Å². The standard InChI is InChI=1S/C30H35F7O/c1-2-3-4-19-5-7-20(8-6-19)21-9-11-22(12-10-21)23-13-15-24(16-14-23)30(36,37)38-25-17-26(31)28(27(32)18-25)29(33,34)35/h13-22H,2-12H2,1H3. The van der Waals surface area contributed by atoms with Crippen LogP contribution in [0.5, 0.6) is 5.75 Å². The lowest BCUT2D eigenvalue weighted by Gasteiger charge is -2.38. The molecule has 0 spiro atoms. The van der Waals surface area contributed by atoms with Gasteiger partial charge >= 0.3 is 12.3 Å². The zero-order valence-electron chi connectivity index (χ0n) is 21.6. The molecule has 0 saturated heterocycles. The van der Waals surface area contributed by atoms with Crippen molar-refractivity contribution in [2.45, 2.75) is 95.8 Å². The number of hydrogen-bond acceptors (Lipinski definition) is 1. The molecule has 2 aromatic carbocycles. The number of alkyl halides is 5. The summed E-state index contributed by atoms with van der Waals surface area (Å²) in [7, 11) is 0. The molecular weight excluding hydrogens is 509 g/mol. The normalized spacial score (nSPS) is 24.8. The first kappa shape index (κ1) is 28.8. The Morgan fingerprint density at radius 1 is 0.763 bits per heavy atom. The monoisotopic (exact) mass is 544 g/mol. The number of ether oxygens (including phenoxy) is 1. The largest absolute Gasteiger partial charge is 0.429 e. The molecular formula is C30H35F7O. The Labute approximate surface area is 219 Å². The number of hydrogen-bond donors (Lipinski definition) is 0. The highest BCUT2D eigenvalue weighted by molar-refractivity contribution is 5.34. The third-order valence-corrected chi connectivity index (χ3v) is 8.56. The van der Waals surface area contributed by atoms with Crippen LogP contribution in [0.3, 0.4) is 0 Å². The lowest BCUT2D eigenvalue weighted by Crippen LogP contribution is -2.25. The van der Waals surface area contributed by atoms with Crippen molar-refractivity contribution >= 4 is 0 Å². The molecule has 8 heteroatoms. The van der Waals surface area contributed by atoms with Gasteiger partial charge in [-0.15, -0.1) is 0 Å². The van der Waals surface area contributed by atoms with Gasteiger partial charge in [-0.1, -0.05) is 51.2 Å². The van der Waals surface area contributed by atoms with Gasteiger partial charge in [0.05, 0.1) is 5.56 Å². The highest BCUT2D eigenvalue weighted by atomic mass is 19.4. The van der Waals surface area contributed by atoms with E-state index in [9.17, 15) is 30.7 Å². The van der Waals surface area contributed by atoms with E-state index in [-0.39, 0.29) is 18.1 Å². The highest BCUT2D eigenvalue weighted by Crippen LogP contribution is 2.45. The Hall–Kier alpha value is -2.25. The zero-order valence-corrected chi connectivity index (χ0v) is 21.6. The molecule has 4 rings (SSSR count). The molecule has 1 nitrogen and oxygen atoms in total. The Morgan fingerprint density at radius 3 is 1.79 bits per heavy atom. The third-order valence-electron chi connectivity index (χ3n) is 8.56. The summed E-state index contributed by atoms with van der Waals surface area (Å²) in [5, 5.41) is 0. The second-order valence-electron chi connectivity index (χ2n) is 11.0. The summed E-state index contributed by atoms with van der Waals surface area (Å²) in [6.07, 6.45) is 4.28. The zero-order chi connectivity index (χ0) is 27.5. The van der Waals surface area contributed by atoms with Gasteiger partial charge in [0.15, 0.2) is 0 Å². The second-order valence-corrected chi connectivity index (χ2v) is 11.0. The van der Waals surface area contributed by atoms with Crippen LogP contribution >= 0.6 is 0 Å². The lowest BCUT2D eigenvalue weighted by molar-refractivity contribution is -0.185. The molecule has 0 N–H and O–H groups in total. The first-order chi connectivity index (χ1) is 18.0. The predicted molar refractivity (Wildman–Crippen MR) is 132 cm³/mol. The average Bonchev–Trinajstić information content (AvgIpc) is 2.86. The van der Waals surface area contributed by atoms with E-state index in [4.69, 9.17) is 0 Å². The molecule has 210 valence electrons. The lowest BCUT2D eigenvalue weighted by atomic mass is 9.68. The fraction of sp³-hybridized carbons (Fsp3) is 0.600.